The van der Waals surface area contributed by atoms with Crippen LogP contribution in [0.3, 0.4) is 0 Å². The largest absolute Gasteiger partial charge is 0.453 e. The number of thiazole rings is 1. The first-order chi connectivity index (χ1) is 13.7. The molecule has 2 aliphatic rings. The zero-order chi connectivity index (χ0) is 19.8. The van der Waals surface area contributed by atoms with Gasteiger partial charge in [-0.15, -0.1) is 11.3 Å². The van der Waals surface area contributed by atoms with Crippen molar-refractivity contribution >= 4 is 28.5 Å². The third-order valence-corrected chi connectivity index (χ3v) is 6.12. The fourth-order valence-electron chi connectivity index (χ4n) is 3.60. The molecule has 0 radical (unpaired) electrons. The second-order valence-corrected chi connectivity index (χ2v) is 8.04. The average Bonchev–Trinajstić information content (AvgIpc) is 3.40. The molecule has 2 aliphatic heterocycles. The van der Waals surface area contributed by atoms with E-state index in [9.17, 15) is 4.79 Å². The summed E-state index contributed by atoms with van der Waals surface area (Å²) in [7, 11) is 1.43. The SMILES string of the molecule is CCNC(=NCCc1csc(N2CCCC2)n1)NC1CCN(C(=O)OC)CC1. The molecule has 28 heavy (non-hydrogen) atoms. The summed E-state index contributed by atoms with van der Waals surface area (Å²) in [5.74, 6) is 0.842. The molecule has 0 atom stereocenters. The Morgan fingerprint density at radius 3 is 2.75 bits per heavy atom. The van der Waals surface area contributed by atoms with Crippen LogP contribution in [0.5, 0.6) is 0 Å². The van der Waals surface area contributed by atoms with Crippen molar-refractivity contribution in [3.05, 3.63) is 11.1 Å². The van der Waals surface area contributed by atoms with E-state index in [2.05, 4.69) is 27.8 Å². The molecule has 3 heterocycles. The highest BCUT2D eigenvalue weighted by atomic mass is 32.1. The number of guanidine groups is 1. The number of carbonyl (C=O) groups is 1. The maximum atomic E-state index is 11.6. The van der Waals surface area contributed by atoms with Gasteiger partial charge in [-0.3, -0.25) is 4.99 Å². The maximum Gasteiger partial charge on any atom is 0.409 e. The average molecular weight is 409 g/mol. The zero-order valence-corrected chi connectivity index (χ0v) is 17.8. The first-order valence-corrected chi connectivity index (χ1v) is 11.1. The zero-order valence-electron chi connectivity index (χ0n) is 16.9. The van der Waals surface area contributed by atoms with Gasteiger partial charge < -0.3 is 25.2 Å². The molecule has 8 nitrogen and oxygen atoms in total. The standard InChI is InChI=1S/C19H32N6O2S/c1-3-20-17(22-15-7-12-25(13-8-15)19(26)27-2)21-9-6-16-14-28-18(23-16)24-10-4-5-11-24/h14-15H,3-13H2,1-2H3,(H2,20,21,22). The van der Waals surface area contributed by atoms with Crippen molar-refractivity contribution in [1.29, 1.82) is 0 Å². The number of nitrogens with one attached hydrogen (secondary N) is 2. The molecule has 0 bridgehead atoms. The van der Waals surface area contributed by atoms with Gasteiger partial charge in [0.05, 0.1) is 12.8 Å². The summed E-state index contributed by atoms with van der Waals surface area (Å²) in [6, 6.07) is 0.319. The lowest BCUT2D eigenvalue weighted by Crippen LogP contribution is -2.49. The van der Waals surface area contributed by atoms with E-state index in [0.29, 0.717) is 25.7 Å². The first kappa shape index (κ1) is 20.7. The summed E-state index contributed by atoms with van der Waals surface area (Å²) in [5.41, 5.74) is 1.12. The summed E-state index contributed by atoms with van der Waals surface area (Å²) < 4.78 is 4.80. The van der Waals surface area contributed by atoms with Crippen LogP contribution in [-0.4, -0.2) is 74.4 Å². The molecule has 1 amide bonds. The number of likely N-dealkylation sites (tertiary alicyclic amines) is 1. The van der Waals surface area contributed by atoms with Gasteiger partial charge in [0, 0.05) is 57.1 Å². The minimum Gasteiger partial charge on any atom is -0.453 e. The molecule has 9 heteroatoms. The molecule has 1 aromatic heterocycles. The number of aliphatic imine (C=N–C) groups is 1. The molecule has 0 aliphatic carbocycles. The molecule has 0 aromatic carbocycles. The summed E-state index contributed by atoms with van der Waals surface area (Å²) in [4.78, 5) is 25.2. The molecular weight excluding hydrogens is 376 g/mol. The van der Waals surface area contributed by atoms with E-state index in [4.69, 9.17) is 14.7 Å². The van der Waals surface area contributed by atoms with Gasteiger partial charge in [-0.1, -0.05) is 0 Å². The highest BCUT2D eigenvalue weighted by Gasteiger charge is 2.23. The summed E-state index contributed by atoms with van der Waals surface area (Å²) >= 11 is 1.74. The lowest BCUT2D eigenvalue weighted by molar-refractivity contribution is 0.111. The molecular formula is C19H32N6O2S. The van der Waals surface area contributed by atoms with Crippen LogP contribution >= 0.6 is 11.3 Å². The number of rotatable bonds is 6. The van der Waals surface area contributed by atoms with Gasteiger partial charge in [0.1, 0.15) is 0 Å². The van der Waals surface area contributed by atoms with Gasteiger partial charge in [-0.2, -0.15) is 0 Å². The third-order valence-electron chi connectivity index (χ3n) is 5.17. The Labute approximate surface area is 171 Å². The number of carbonyl (C=O) groups excluding carboxylic acids is 1. The van der Waals surface area contributed by atoms with E-state index in [1.807, 2.05) is 0 Å². The van der Waals surface area contributed by atoms with E-state index < -0.39 is 0 Å². The van der Waals surface area contributed by atoms with E-state index in [0.717, 1.165) is 55.7 Å². The Kier molecular flexibility index (Phi) is 7.76. The lowest BCUT2D eigenvalue weighted by atomic mass is 10.1. The Morgan fingerprint density at radius 2 is 2.07 bits per heavy atom. The van der Waals surface area contributed by atoms with Crippen molar-refractivity contribution in [2.24, 2.45) is 4.99 Å². The fraction of sp³-hybridized carbons (Fsp3) is 0.737. The summed E-state index contributed by atoms with van der Waals surface area (Å²) in [6.45, 7) is 7.29. The van der Waals surface area contributed by atoms with E-state index >= 15 is 0 Å². The van der Waals surface area contributed by atoms with Gasteiger partial charge >= 0.3 is 6.09 Å². The van der Waals surface area contributed by atoms with Crippen molar-refractivity contribution in [3.63, 3.8) is 0 Å². The van der Waals surface area contributed by atoms with Crippen LogP contribution in [0.2, 0.25) is 0 Å². The second-order valence-electron chi connectivity index (χ2n) is 7.20. The smallest absolute Gasteiger partial charge is 0.409 e. The Morgan fingerprint density at radius 1 is 1.32 bits per heavy atom. The number of ether oxygens (including phenoxy) is 1. The topological polar surface area (TPSA) is 82.1 Å². The van der Waals surface area contributed by atoms with Crippen LogP contribution < -0.4 is 15.5 Å². The maximum absolute atomic E-state index is 11.6. The number of nitrogens with zero attached hydrogens (tertiary/aromatic N) is 4. The fourth-order valence-corrected chi connectivity index (χ4v) is 4.51. The molecule has 0 unspecified atom stereocenters. The van der Waals surface area contributed by atoms with Crippen LogP contribution in [-0.2, 0) is 11.2 Å². The minimum atomic E-state index is -0.240. The monoisotopic (exact) mass is 408 g/mol. The van der Waals surface area contributed by atoms with E-state index in [1.165, 1.54) is 20.0 Å². The predicted molar refractivity (Wildman–Crippen MR) is 113 cm³/mol. The molecule has 156 valence electrons. The van der Waals surface area contributed by atoms with Crippen molar-refractivity contribution in [2.75, 3.05) is 51.3 Å². The van der Waals surface area contributed by atoms with Gasteiger partial charge in [0.15, 0.2) is 11.1 Å². The quantitative estimate of drug-likeness (QED) is 0.554. The number of aromatic nitrogens is 1. The van der Waals surface area contributed by atoms with Gasteiger partial charge in [-0.25, -0.2) is 9.78 Å². The molecule has 1 aromatic rings. The number of anilines is 1. The van der Waals surface area contributed by atoms with Crippen molar-refractivity contribution in [1.82, 2.24) is 20.5 Å². The molecule has 3 rings (SSSR count). The van der Waals surface area contributed by atoms with Gasteiger partial charge in [0.2, 0.25) is 0 Å². The van der Waals surface area contributed by atoms with Crippen molar-refractivity contribution in [2.45, 2.75) is 45.1 Å². The van der Waals surface area contributed by atoms with Crippen LogP contribution in [0.15, 0.2) is 10.4 Å². The van der Waals surface area contributed by atoms with Crippen LogP contribution in [0.25, 0.3) is 0 Å². The number of methoxy groups -OCH3 is 1. The lowest BCUT2D eigenvalue weighted by Gasteiger charge is -2.32. The van der Waals surface area contributed by atoms with E-state index in [1.54, 1.807) is 16.2 Å². The Hall–Kier alpha value is -2.03. The first-order valence-electron chi connectivity index (χ1n) is 10.3. The Bertz CT molecular complexity index is 651. The molecule has 2 N–H and O–H groups in total. The highest BCUT2D eigenvalue weighted by molar-refractivity contribution is 7.13. The number of piperidine rings is 1. The van der Waals surface area contributed by atoms with Gasteiger partial charge in [-0.05, 0) is 32.6 Å². The number of hydrogen-bond donors (Lipinski definition) is 2. The molecule has 2 fully saturated rings. The molecule has 0 spiro atoms. The molecule has 0 saturated carbocycles. The number of hydrogen-bond acceptors (Lipinski definition) is 6. The minimum absolute atomic E-state index is 0.240. The van der Waals surface area contributed by atoms with Crippen LogP contribution in [0, 0.1) is 0 Å². The number of amides is 1. The third kappa shape index (κ3) is 5.73. The van der Waals surface area contributed by atoms with Crippen LogP contribution in [0.1, 0.15) is 38.3 Å². The highest BCUT2D eigenvalue weighted by Crippen LogP contribution is 2.24. The van der Waals surface area contributed by atoms with E-state index in [-0.39, 0.29) is 6.09 Å². The van der Waals surface area contributed by atoms with Crippen molar-refractivity contribution < 1.29 is 9.53 Å². The summed E-state index contributed by atoms with van der Waals surface area (Å²) in [5, 5.41) is 10.1. The Balaban J connectivity index is 1.46. The summed E-state index contributed by atoms with van der Waals surface area (Å²) in [6.07, 6.45) is 4.94. The predicted octanol–water partition coefficient (Wildman–Crippen LogP) is 2.07. The van der Waals surface area contributed by atoms with Crippen LogP contribution in [0.4, 0.5) is 9.93 Å². The molecule has 2 saturated heterocycles. The van der Waals surface area contributed by atoms with Crippen molar-refractivity contribution in [3.8, 4) is 0 Å². The normalized spacial score (nSPS) is 18.4. The van der Waals surface area contributed by atoms with Gasteiger partial charge in [0.25, 0.3) is 0 Å². The second kappa shape index (κ2) is 10.5.